The second-order valence-electron chi connectivity index (χ2n) is 3.54. The molecule has 2 atom stereocenters. The maximum Gasteiger partial charge on any atom is 0.319 e. The lowest BCUT2D eigenvalue weighted by Gasteiger charge is -2.28. The number of rotatable bonds is 6. The van der Waals surface area contributed by atoms with Crippen molar-refractivity contribution in [3.05, 3.63) is 0 Å². The van der Waals surface area contributed by atoms with Crippen LogP contribution in [0.5, 0.6) is 0 Å². The van der Waals surface area contributed by atoms with Gasteiger partial charge < -0.3 is 14.6 Å². The molecular weight excluding hydrogens is 214 g/mol. The van der Waals surface area contributed by atoms with Crippen molar-refractivity contribution >= 4 is 11.9 Å². The molecule has 0 aromatic heterocycles. The molecule has 0 aliphatic heterocycles. The molecule has 0 aromatic carbocycles. The number of carbonyl (C=O) groups excluding carboxylic acids is 2. The van der Waals surface area contributed by atoms with Crippen molar-refractivity contribution in [3.63, 3.8) is 0 Å². The smallest absolute Gasteiger partial charge is 0.319 e. The Kier molecular flexibility index (Phi) is 6.67. The summed E-state index contributed by atoms with van der Waals surface area (Å²) in [6, 6.07) is -0.335. The minimum Gasteiger partial charge on any atom is -0.468 e. The Morgan fingerprint density at radius 1 is 1.12 bits per heavy atom. The van der Waals surface area contributed by atoms with Crippen LogP contribution < -0.4 is 0 Å². The van der Waals surface area contributed by atoms with Crippen molar-refractivity contribution in [3.8, 4) is 0 Å². The third kappa shape index (κ3) is 5.09. The zero-order valence-electron chi connectivity index (χ0n) is 10.1. The van der Waals surface area contributed by atoms with Gasteiger partial charge in [-0.3, -0.25) is 14.5 Å². The highest BCUT2D eigenvalue weighted by atomic mass is 16.5. The van der Waals surface area contributed by atoms with Crippen LogP contribution in [0.1, 0.15) is 13.8 Å². The van der Waals surface area contributed by atoms with Gasteiger partial charge in [-0.2, -0.15) is 0 Å². The van der Waals surface area contributed by atoms with Gasteiger partial charge in [0.15, 0.2) is 0 Å². The van der Waals surface area contributed by atoms with E-state index in [2.05, 4.69) is 9.47 Å². The van der Waals surface area contributed by atoms with Crippen molar-refractivity contribution in [2.24, 2.45) is 0 Å². The molecule has 0 spiro atoms. The van der Waals surface area contributed by atoms with Gasteiger partial charge in [0.2, 0.25) is 0 Å². The zero-order chi connectivity index (χ0) is 12.7. The first-order valence-corrected chi connectivity index (χ1v) is 4.98. The standard InChI is InChI=1S/C10H19NO5/c1-7(8(2)12)11(5-9(13)15-3)6-10(14)16-4/h7-8,12H,5-6H2,1-4H3. The van der Waals surface area contributed by atoms with Crippen LogP contribution in [0.25, 0.3) is 0 Å². The quantitative estimate of drug-likeness (QED) is 0.618. The topological polar surface area (TPSA) is 76.1 Å². The van der Waals surface area contributed by atoms with Crippen molar-refractivity contribution in [2.75, 3.05) is 27.3 Å². The molecule has 2 unspecified atom stereocenters. The minimum atomic E-state index is -0.658. The van der Waals surface area contributed by atoms with Crippen molar-refractivity contribution < 1.29 is 24.2 Å². The fourth-order valence-corrected chi connectivity index (χ4v) is 1.11. The Morgan fingerprint density at radius 3 is 1.75 bits per heavy atom. The first-order chi connectivity index (χ1) is 7.42. The molecule has 0 saturated heterocycles. The van der Waals surface area contributed by atoms with E-state index in [-0.39, 0.29) is 19.1 Å². The van der Waals surface area contributed by atoms with Crippen LogP contribution in [0.3, 0.4) is 0 Å². The molecular formula is C10H19NO5. The molecule has 0 amide bonds. The Balaban J connectivity index is 4.49. The normalized spacial score (nSPS) is 14.4. The van der Waals surface area contributed by atoms with Gasteiger partial charge in [-0.15, -0.1) is 0 Å². The molecule has 6 nitrogen and oxygen atoms in total. The summed E-state index contributed by atoms with van der Waals surface area (Å²) in [4.78, 5) is 23.7. The largest absolute Gasteiger partial charge is 0.468 e. The Labute approximate surface area is 95.1 Å². The van der Waals surface area contributed by atoms with Crippen LogP contribution in [-0.2, 0) is 19.1 Å². The van der Waals surface area contributed by atoms with E-state index in [9.17, 15) is 14.7 Å². The van der Waals surface area contributed by atoms with Crippen LogP contribution in [0, 0.1) is 0 Å². The average Bonchev–Trinajstić information content (AvgIpc) is 2.26. The number of ether oxygens (including phenoxy) is 2. The molecule has 6 heteroatoms. The van der Waals surface area contributed by atoms with Gasteiger partial charge in [0, 0.05) is 6.04 Å². The Morgan fingerprint density at radius 2 is 1.50 bits per heavy atom. The molecule has 0 fully saturated rings. The van der Waals surface area contributed by atoms with Crippen molar-refractivity contribution in [1.29, 1.82) is 0 Å². The van der Waals surface area contributed by atoms with E-state index in [0.717, 1.165) is 0 Å². The number of carbonyl (C=O) groups is 2. The zero-order valence-corrected chi connectivity index (χ0v) is 10.1. The van der Waals surface area contributed by atoms with Gasteiger partial charge in [0.05, 0.1) is 33.4 Å². The lowest BCUT2D eigenvalue weighted by Crippen LogP contribution is -2.46. The average molecular weight is 233 g/mol. The van der Waals surface area contributed by atoms with E-state index >= 15 is 0 Å². The first kappa shape index (κ1) is 14.9. The molecule has 1 N–H and O–H groups in total. The van der Waals surface area contributed by atoms with Crippen LogP contribution in [-0.4, -0.2) is 61.4 Å². The molecule has 0 aliphatic rings. The van der Waals surface area contributed by atoms with Crippen molar-refractivity contribution in [2.45, 2.75) is 26.0 Å². The molecule has 0 radical (unpaired) electrons. The van der Waals surface area contributed by atoms with E-state index in [4.69, 9.17) is 0 Å². The summed E-state index contributed by atoms with van der Waals surface area (Å²) < 4.78 is 9.02. The predicted octanol–water partition coefficient (Wildman–Crippen LogP) is -0.596. The molecule has 94 valence electrons. The third-order valence-corrected chi connectivity index (χ3v) is 2.39. The maximum atomic E-state index is 11.1. The van der Waals surface area contributed by atoms with Gasteiger partial charge in [-0.1, -0.05) is 0 Å². The first-order valence-electron chi connectivity index (χ1n) is 4.98. The van der Waals surface area contributed by atoms with Crippen LogP contribution in [0.2, 0.25) is 0 Å². The monoisotopic (exact) mass is 233 g/mol. The van der Waals surface area contributed by atoms with E-state index in [0.29, 0.717) is 0 Å². The lowest BCUT2D eigenvalue weighted by molar-refractivity contribution is -0.147. The number of hydrogen-bond donors (Lipinski definition) is 1. The summed E-state index contributed by atoms with van der Waals surface area (Å²) >= 11 is 0. The van der Waals surface area contributed by atoms with E-state index in [1.54, 1.807) is 13.8 Å². The van der Waals surface area contributed by atoms with E-state index in [1.807, 2.05) is 0 Å². The number of hydrogen-bond acceptors (Lipinski definition) is 6. The van der Waals surface area contributed by atoms with Gasteiger partial charge in [0.1, 0.15) is 0 Å². The van der Waals surface area contributed by atoms with Crippen LogP contribution in [0.15, 0.2) is 0 Å². The Bertz CT molecular complexity index is 223. The fourth-order valence-electron chi connectivity index (χ4n) is 1.11. The second-order valence-corrected chi connectivity index (χ2v) is 3.54. The summed E-state index contributed by atoms with van der Waals surface area (Å²) in [6.07, 6.45) is -0.658. The number of esters is 2. The predicted molar refractivity (Wildman–Crippen MR) is 56.7 cm³/mol. The Hall–Kier alpha value is -1.14. The molecule has 0 rings (SSSR count). The van der Waals surface area contributed by atoms with Gasteiger partial charge in [-0.25, -0.2) is 0 Å². The fraction of sp³-hybridized carbons (Fsp3) is 0.800. The van der Waals surface area contributed by atoms with Crippen LogP contribution >= 0.6 is 0 Å². The number of aliphatic hydroxyl groups is 1. The summed E-state index contributed by atoms with van der Waals surface area (Å²) in [5.74, 6) is -0.923. The number of nitrogens with zero attached hydrogens (tertiary/aromatic N) is 1. The molecule has 0 bridgehead atoms. The van der Waals surface area contributed by atoms with Crippen molar-refractivity contribution in [1.82, 2.24) is 4.90 Å². The highest BCUT2D eigenvalue weighted by Gasteiger charge is 2.23. The van der Waals surface area contributed by atoms with E-state index < -0.39 is 18.0 Å². The van der Waals surface area contributed by atoms with Gasteiger partial charge >= 0.3 is 11.9 Å². The third-order valence-electron chi connectivity index (χ3n) is 2.39. The van der Waals surface area contributed by atoms with Gasteiger partial charge in [-0.05, 0) is 13.8 Å². The SMILES string of the molecule is COC(=O)CN(CC(=O)OC)C(C)C(C)O. The number of methoxy groups -OCH3 is 2. The maximum absolute atomic E-state index is 11.1. The van der Waals surface area contributed by atoms with E-state index in [1.165, 1.54) is 19.1 Å². The number of aliphatic hydroxyl groups excluding tert-OH is 1. The molecule has 0 aromatic rings. The summed E-state index contributed by atoms with van der Waals surface area (Å²) in [6.45, 7) is 3.19. The van der Waals surface area contributed by atoms with Gasteiger partial charge in [0.25, 0.3) is 0 Å². The van der Waals surface area contributed by atoms with Crippen LogP contribution in [0.4, 0.5) is 0 Å². The molecule has 0 saturated carbocycles. The summed E-state index contributed by atoms with van der Waals surface area (Å²) in [5, 5.41) is 9.42. The lowest BCUT2D eigenvalue weighted by atomic mass is 10.2. The molecule has 0 heterocycles. The summed E-state index contributed by atoms with van der Waals surface area (Å²) in [5.41, 5.74) is 0. The second kappa shape index (κ2) is 7.19. The minimum absolute atomic E-state index is 0.0579. The highest BCUT2D eigenvalue weighted by molar-refractivity contribution is 5.74. The molecule has 16 heavy (non-hydrogen) atoms. The molecule has 0 aliphatic carbocycles. The summed E-state index contributed by atoms with van der Waals surface area (Å²) in [7, 11) is 2.54. The highest BCUT2D eigenvalue weighted by Crippen LogP contribution is 2.04.